The lowest BCUT2D eigenvalue weighted by Crippen LogP contribution is -2.58. The first-order chi connectivity index (χ1) is 11.6. The molecule has 0 bridgehead atoms. The Hall–Kier alpha value is -1.60. The number of morpholine rings is 1. The van der Waals surface area contributed by atoms with Crippen molar-refractivity contribution in [2.75, 3.05) is 26.9 Å². The van der Waals surface area contributed by atoms with Gasteiger partial charge in [0.1, 0.15) is 5.54 Å². The van der Waals surface area contributed by atoms with Crippen molar-refractivity contribution in [2.24, 2.45) is 5.11 Å². The summed E-state index contributed by atoms with van der Waals surface area (Å²) in [7, 11) is 1.40. The smallest absolute Gasteiger partial charge is 0.326 e. The normalized spacial score (nSPS) is 29.6. The van der Waals surface area contributed by atoms with Gasteiger partial charge in [0.25, 0.3) is 0 Å². The van der Waals surface area contributed by atoms with E-state index in [9.17, 15) is 4.79 Å². The molecule has 1 aromatic carbocycles. The van der Waals surface area contributed by atoms with Crippen molar-refractivity contribution in [3.8, 4) is 0 Å². The van der Waals surface area contributed by atoms with Crippen LogP contribution in [0.2, 0.25) is 0 Å². The topological polar surface area (TPSA) is 87.5 Å². The van der Waals surface area contributed by atoms with Crippen LogP contribution >= 0.6 is 15.9 Å². The number of azide groups is 1. The standard InChI is InChI=1S/C16H19BrN4O3/c1-23-15(22)16(8-11-3-2-4-12(17)7-11)9-13(19-20-18)14-10-24-6-5-21(14)16/h2-4,7,13-14H,5-6,8-10H2,1H3/t13-,14+,16+/m1/s1. The quantitative estimate of drug-likeness (QED) is 0.340. The summed E-state index contributed by atoms with van der Waals surface area (Å²) in [5, 5.41) is 3.92. The molecule has 2 fully saturated rings. The average molecular weight is 395 g/mol. The highest BCUT2D eigenvalue weighted by molar-refractivity contribution is 9.10. The Bertz CT molecular complexity index is 679. The molecule has 0 N–H and O–H groups in total. The Morgan fingerprint density at radius 3 is 3.17 bits per heavy atom. The highest BCUT2D eigenvalue weighted by atomic mass is 79.9. The number of hydrogen-bond acceptors (Lipinski definition) is 5. The van der Waals surface area contributed by atoms with E-state index in [1.54, 1.807) is 0 Å². The Labute approximate surface area is 148 Å². The number of halogens is 1. The molecule has 2 aliphatic heterocycles. The van der Waals surface area contributed by atoms with Crippen LogP contribution in [0, 0.1) is 0 Å². The zero-order valence-corrected chi connectivity index (χ0v) is 15.0. The second-order valence-corrected chi connectivity index (χ2v) is 7.06. The average Bonchev–Trinajstić information content (AvgIpc) is 2.90. The highest BCUT2D eigenvalue weighted by Crippen LogP contribution is 2.41. The van der Waals surface area contributed by atoms with Gasteiger partial charge in [-0.1, -0.05) is 33.2 Å². The molecule has 3 rings (SSSR count). The van der Waals surface area contributed by atoms with Gasteiger partial charge in [-0.15, -0.1) is 0 Å². The molecule has 0 spiro atoms. The van der Waals surface area contributed by atoms with Crippen LogP contribution in [0.25, 0.3) is 10.4 Å². The van der Waals surface area contributed by atoms with E-state index in [0.717, 1.165) is 10.0 Å². The van der Waals surface area contributed by atoms with Crippen molar-refractivity contribution in [3.05, 3.63) is 44.7 Å². The van der Waals surface area contributed by atoms with Crippen LogP contribution in [0.5, 0.6) is 0 Å². The highest BCUT2D eigenvalue weighted by Gasteiger charge is 2.57. The molecule has 0 radical (unpaired) electrons. The number of hydrogen-bond donors (Lipinski definition) is 0. The fraction of sp³-hybridized carbons (Fsp3) is 0.562. The SMILES string of the molecule is COC(=O)[C@]1(Cc2cccc(Br)c2)C[C@@H](N=[N+]=[N-])[C@@H]2COCCN21. The van der Waals surface area contributed by atoms with Gasteiger partial charge in [-0.3, -0.25) is 9.69 Å². The molecule has 1 aromatic rings. The molecule has 7 nitrogen and oxygen atoms in total. The molecular weight excluding hydrogens is 376 g/mol. The molecule has 8 heteroatoms. The molecule has 24 heavy (non-hydrogen) atoms. The van der Waals surface area contributed by atoms with Crippen LogP contribution in [0.3, 0.4) is 0 Å². The molecular formula is C16H19BrN4O3. The van der Waals surface area contributed by atoms with Gasteiger partial charge in [-0.05, 0) is 29.6 Å². The molecule has 2 aliphatic rings. The van der Waals surface area contributed by atoms with Crippen molar-refractivity contribution in [3.63, 3.8) is 0 Å². The first kappa shape index (κ1) is 17.2. The lowest BCUT2D eigenvalue weighted by Gasteiger charge is -2.41. The van der Waals surface area contributed by atoms with Crippen LogP contribution in [0.1, 0.15) is 12.0 Å². The monoisotopic (exact) mass is 394 g/mol. The minimum absolute atomic E-state index is 0.0964. The summed E-state index contributed by atoms with van der Waals surface area (Å²) >= 11 is 3.47. The van der Waals surface area contributed by atoms with Crippen molar-refractivity contribution in [1.82, 2.24) is 4.90 Å². The largest absolute Gasteiger partial charge is 0.468 e. The molecule has 0 unspecified atom stereocenters. The predicted molar refractivity (Wildman–Crippen MR) is 91.5 cm³/mol. The van der Waals surface area contributed by atoms with Gasteiger partial charge in [0.05, 0.1) is 26.4 Å². The number of carbonyl (C=O) groups excluding carboxylic acids is 1. The Morgan fingerprint density at radius 2 is 2.46 bits per heavy atom. The number of benzene rings is 1. The number of methoxy groups -OCH3 is 1. The lowest BCUT2D eigenvalue weighted by atomic mass is 9.87. The summed E-state index contributed by atoms with van der Waals surface area (Å²) in [6.45, 7) is 1.63. The third-order valence-corrected chi connectivity index (χ3v) is 5.35. The second kappa shape index (κ2) is 7.11. The third kappa shape index (κ3) is 3.02. The van der Waals surface area contributed by atoms with Gasteiger partial charge in [-0.2, -0.15) is 0 Å². The number of carbonyl (C=O) groups is 1. The van der Waals surface area contributed by atoms with Crippen LogP contribution in [-0.2, 0) is 20.7 Å². The first-order valence-corrected chi connectivity index (χ1v) is 8.61. The molecule has 128 valence electrons. The van der Waals surface area contributed by atoms with Crippen molar-refractivity contribution in [2.45, 2.75) is 30.5 Å². The van der Waals surface area contributed by atoms with E-state index in [4.69, 9.17) is 15.0 Å². The number of fused-ring (bicyclic) bond motifs is 1. The Kier molecular flexibility index (Phi) is 5.10. The van der Waals surface area contributed by atoms with E-state index in [1.807, 2.05) is 24.3 Å². The van der Waals surface area contributed by atoms with Gasteiger partial charge in [0.2, 0.25) is 0 Å². The van der Waals surface area contributed by atoms with Crippen LogP contribution in [0.15, 0.2) is 33.9 Å². The second-order valence-electron chi connectivity index (χ2n) is 6.14. The van der Waals surface area contributed by atoms with Gasteiger partial charge in [0.15, 0.2) is 0 Å². The maximum atomic E-state index is 12.8. The fourth-order valence-electron chi connectivity index (χ4n) is 3.88. The van der Waals surface area contributed by atoms with E-state index < -0.39 is 5.54 Å². The van der Waals surface area contributed by atoms with E-state index in [1.165, 1.54) is 7.11 Å². The summed E-state index contributed by atoms with van der Waals surface area (Å²) < 4.78 is 11.7. The number of nitrogens with zero attached hydrogens (tertiary/aromatic N) is 4. The maximum Gasteiger partial charge on any atom is 0.326 e. The third-order valence-electron chi connectivity index (χ3n) is 4.86. The summed E-state index contributed by atoms with van der Waals surface area (Å²) in [6, 6.07) is 7.49. The summed E-state index contributed by atoms with van der Waals surface area (Å²) in [5.41, 5.74) is 9.08. The summed E-state index contributed by atoms with van der Waals surface area (Å²) in [4.78, 5) is 17.9. The van der Waals surface area contributed by atoms with E-state index in [0.29, 0.717) is 32.6 Å². The van der Waals surface area contributed by atoms with E-state index in [-0.39, 0.29) is 18.1 Å². The first-order valence-electron chi connectivity index (χ1n) is 7.82. The predicted octanol–water partition coefficient (Wildman–Crippen LogP) is 2.69. The fourth-order valence-corrected chi connectivity index (χ4v) is 4.32. The zero-order valence-electron chi connectivity index (χ0n) is 13.4. The molecule has 0 saturated carbocycles. The molecule has 2 saturated heterocycles. The van der Waals surface area contributed by atoms with Crippen LogP contribution in [-0.4, -0.2) is 55.4 Å². The van der Waals surface area contributed by atoms with Crippen molar-refractivity contribution >= 4 is 21.9 Å². The van der Waals surface area contributed by atoms with Gasteiger partial charge in [-0.25, -0.2) is 0 Å². The molecule has 3 atom stereocenters. The minimum atomic E-state index is -0.831. The molecule has 0 amide bonds. The maximum absolute atomic E-state index is 12.8. The number of rotatable bonds is 4. The van der Waals surface area contributed by atoms with Crippen LogP contribution < -0.4 is 0 Å². The van der Waals surface area contributed by atoms with E-state index in [2.05, 4.69) is 30.9 Å². The Morgan fingerprint density at radius 1 is 1.62 bits per heavy atom. The van der Waals surface area contributed by atoms with Gasteiger partial charge >= 0.3 is 5.97 Å². The zero-order chi connectivity index (χ0) is 17.2. The van der Waals surface area contributed by atoms with Crippen molar-refractivity contribution in [1.29, 1.82) is 0 Å². The summed E-state index contributed by atoms with van der Waals surface area (Å²) in [6.07, 6.45) is 0.942. The van der Waals surface area contributed by atoms with Crippen molar-refractivity contribution < 1.29 is 14.3 Å². The Balaban J connectivity index is 2.01. The number of esters is 1. The minimum Gasteiger partial charge on any atom is -0.468 e. The van der Waals surface area contributed by atoms with Crippen LogP contribution in [0.4, 0.5) is 0 Å². The van der Waals surface area contributed by atoms with Gasteiger partial charge < -0.3 is 9.47 Å². The molecule has 0 aromatic heterocycles. The van der Waals surface area contributed by atoms with E-state index >= 15 is 0 Å². The van der Waals surface area contributed by atoms with Gasteiger partial charge in [0, 0.05) is 28.4 Å². The molecule has 2 heterocycles. The lowest BCUT2D eigenvalue weighted by molar-refractivity contribution is -0.157. The summed E-state index contributed by atoms with van der Waals surface area (Å²) in [5.74, 6) is -0.287. The number of ether oxygens (including phenoxy) is 2. The molecule has 0 aliphatic carbocycles.